The zero-order valence-electron chi connectivity index (χ0n) is 14.6. The summed E-state index contributed by atoms with van der Waals surface area (Å²) in [7, 11) is 0. The number of anilines is 1. The predicted octanol–water partition coefficient (Wildman–Crippen LogP) is 4.91. The maximum Gasteiger partial charge on any atom is 0.338 e. The Morgan fingerprint density at radius 3 is 2.33 bits per heavy atom. The lowest BCUT2D eigenvalue weighted by atomic mass is 10.1. The van der Waals surface area contributed by atoms with Gasteiger partial charge in [-0.2, -0.15) is 0 Å². The highest BCUT2D eigenvalue weighted by Crippen LogP contribution is 2.35. The van der Waals surface area contributed by atoms with Crippen LogP contribution in [-0.2, 0) is 4.79 Å². The van der Waals surface area contributed by atoms with Gasteiger partial charge >= 0.3 is 5.97 Å². The van der Waals surface area contributed by atoms with Crippen molar-refractivity contribution in [2.45, 2.75) is 12.8 Å². The van der Waals surface area contributed by atoms with Gasteiger partial charge in [0.1, 0.15) is 10.8 Å². The van der Waals surface area contributed by atoms with Crippen LogP contribution >= 0.6 is 11.3 Å². The number of carboxylic acids is 1. The molecule has 0 saturated carbocycles. The number of ether oxygens (including phenoxy) is 1. The number of benzene rings is 2. The molecule has 0 unspecified atom stereocenters. The van der Waals surface area contributed by atoms with E-state index in [4.69, 9.17) is 4.74 Å². The molecule has 5 nitrogen and oxygen atoms in total. The van der Waals surface area contributed by atoms with E-state index in [2.05, 4.69) is 5.32 Å². The summed E-state index contributed by atoms with van der Waals surface area (Å²) in [4.78, 5) is 24.5. The number of amides is 1. The van der Waals surface area contributed by atoms with E-state index >= 15 is 0 Å². The summed E-state index contributed by atoms with van der Waals surface area (Å²) in [6.07, 6.45) is 0.796. The molecule has 3 rings (SSSR count). The Hall–Kier alpha value is -3.12. The number of nitrogens with one attached hydrogen (secondary N) is 1. The molecule has 0 radical (unpaired) electrons. The highest BCUT2D eigenvalue weighted by Gasteiger charge is 2.18. The molecule has 0 bridgehead atoms. The fourth-order valence-corrected chi connectivity index (χ4v) is 3.59. The third-order valence-corrected chi connectivity index (χ3v) is 4.93. The summed E-state index contributed by atoms with van der Waals surface area (Å²) in [6, 6.07) is 20.5. The number of thiophene rings is 1. The van der Waals surface area contributed by atoms with E-state index in [1.807, 2.05) is 60.7 Å². The molecule has 3 aromatic rings. The van der Waals surface area contributed by atoms with Crippen LogP contribution < -0.4 is 10.1 Å². The molecule has 138 valence electrons. The van der Waals surface area contributed by atoms with Gasteiger partial charge in [0.25, 0.3) is 0 Å². The number of para-hydroxylation sites is 1. The van der Waals surface area contributed by atoms with Crippen LogP contribution in [0.5, 0.6) is 5.75 Å². The van der Waals surface area contributed by atoms with Gasteiger partial charge in [-0.05, 0) is 30.2 Å². The molecule has 0 atom stereocenters. The van der Waals surface area contributed by atoms with Crippen LogP contribution in [0.4, 0.5) is 5.00 Å². The van der Waals surface area contributed by atoms with E-state index in [9.17, 15) is 14.7 Å². The summed E-state index contributed by atoms with van der Waals surface area (Å²) in [5.74, 6) is -0.524. The lowest BCUT2D eigenvalue weighted by Crippen LogP contribution is -2.13. The molecule has 0 aliphatic heterocycles. The molecular formula is C21H19NO4S. The van der Waals surface area contributed by atoms with E-state index in [0.717, 1.165) is 16.2 Å². The van der Waals surface area contributed by atoms with Crippen molar-refractivity contribution in [1.29, 1.82) is 0 Å². The first-order valence-electron chi connectivity index (χ1n) is 8.54. The Bertz CT molecular complexity index is 906. The van der Waals surface area contributed by atoms with Gasteiger partial charge in [0.2, 0.25) is 5.91 Å². The Labute approximate surface area is 161 Å². The van der Waals surface area contributed by atoms with E-state index < -0.39 is 5.97 Å². The smallest absolute Gasteiger partial charge is 0.338 e. The molecule has 1 aromatic heterocycles. The molecule has 0 saturated heterocycles. The largest absolute Gasteiger partial charge is 0.494 e. The quantitative estimate of drug-likeness (QED) is 0.544. The molecule has 27 heavy (non-hydrogen) atoms. The van der Waals surface area contributed by atoms with E-state index in [-0.39, 0.29) is 17.9 Å². The van der Waals surface area contributed by atoms with Crippen LogP contribution in [0.2, 0.25) is 0 Å². The van der Waals surface area contributed by atoms with Gasteiger partial charge in [0.05, 0.1) is 12.2 Å². The number of carboxylic acid groups (broad SMARTS) is 1. The third kappa shape index (κ3) is 5.18. The molecule has 0 fully saturated rings. The summed E-state index contributed by atoms with van der Waals surface area (Å²) in [5, 5.41) is 12.5. The van der Waals surface area contributed by atoms with E-state index in [0.29, 0.717) is 18.0 Å². The molecule has 0 aliphatic rings. The van der Waals surface area contributed by atoms with Crippen LogP contribution in [0.1, 0.15) is 23.2 Å². The molecule has 2 N–H and O–H groups in total. The first-order valence-corrected chi connectivity index (χ1v) is 9.35. The van der Waals surface area contributed by atoms with Gasteiger partial charge in [0.15, 0.2) is 0 Å². The molecule has 6 heteroatoms. The summed E-state index contributed by atoms with van der Waals surface area (Å²) < 4.78 is 5.56. The van der Waals surface area contributed by atoms with Gasteiger partial charge in [-0.3, -0.25) is 4.79 Å². The van der Waals surface area contributed by atoms with Crippen molar-refractivity contribution in [3.05, 3.63) is 72.3 Å². The molecule has 0 aliphatic carbocycles. The fraction of sp³-hybridized carbons (Fsp3) is 0.143. The Kier molecular flexibility index (Phi) is 6.22. The second kappa shape index (κ2) is 9.00. The van der Waals surface area contributed by atoms with Gasteiger partial charge in [-0.15, -0.1) is 11.3 Å². The van der Waals surface area contributed by atoms with Crippen molar-refractivity contribution >= 4 is 28.2 Å². The molecule has 2 aromatic carbocycles. The summed E-state index contributed by atoms with van der Waals surface area (Å²) in [5.41, 5.74) is 1.02. The average molecular weight is 381 g/mol. The minimum atomic E-state index is -1.06. The Morgan fingerprint density at radius 2 is 1.67 bits per heavy atom. The molecule has 1 amide bonds. The molecule has 1 heterocycles. The number of carbonyl (C=O) groups excluding carboxylic acids is 1. The highest BCUT2D eigenvalue weighted by molar-refractivity contribution is 7.20. The summed E-state index contributed by atoms with van der Waals surface area (Å²) in [6.45, 7) is 0.420. The normalized spacial score (nSPS) is 10.4. The zero-order valence-corrected chi connectivity index (χ0v) is 15.4. The van der Waals surface area contributed by atoms with Crippen molar-refractivity contribution in [3.8, 4) is 16.2 Å². The van der Waals surface area contributed by atoms with Gasteiger partial charge < -0.3 is 15.2 Å². The van der Waals surface area contributed by atoms with Crippen molar-refractivity contribution in [2.75, 3.05) is 11.9 Å². The van der Waals surface area contributed by atoms with Crippen LogP contribution in [0.3, 0.4) is 0 Å². The lowest BCUT2D eigenvalue weighted by molar-refractivity contribution is -0.116. The minimum Gasteiger partial charge on any atom is -0.494 e. The average Bonchev–Trinajstić information content (AvgIpc) is 3.11. The van der Waals surface area contributed by atoms with Crippen LogP contribution in [0.25, 0.3) is 10.4 Å². The topological polar surface area (TPSA) is 75.6 Å². The van der Waals surface area contributed by atoms with Crippen LogP contribution in [0, 0.1) is 0 Å². The number of hydrogen-bond donors (Lipinski definition) is 2. The van der Waals surface area contributed by atoms with Crippen molar-refractivity contribution < 1.29 is 19.4 Å². The van der Waals surface area contributed by atoms with E-state index in [1.165, 1.54) is 11.3 Å². The third-order valence-electron chi connectivity index (χ3n) is 3.83. The second-order valence-electron chi connectivity index (χ2n) is 5.84. The van der Waals surface area contributed by atoms with Crippen molar-refractivity contribution in [3.63, 3.8) is 0 Å². The van der Waals surface area contributed by atoms with E-state index in [1.54, 1.807) is 6.07 Å². The van der Waals surface area contributed by atoms with Crippen LogP contribution in [0.15, 0.2) is 66.7 Å². The first kappa shape index (κ1) is 18.7. The number of aromatic carboxylic acids is 1. The second-order valence-corrected chi connectivity index (χ2v) is 6.89. The maximum absolute atomic E-state index is 12.2. The first-order chi connectivity index (χ1) is 13.1. The standard InChI is InChI=1S/C21H19NO4S/c23-19(12-7-13-26-16-10-5-2-6-11-16)22-20-17(21(24)25)14-18(27-20)15-8-3-1-4-9-15/h1-6,8-11,14H,7,12-13H2,(H,22,23)(H,24,25). The van der Waals surface area contributed by atoms with Crippen molar-refractivity contribution in [1.82, 2.24) is 0 Å². The summed E-state index contributed by atoms with van der Waals surface area (Å²) >= 11 is 1.26. The maximum atomic E-state index is 12.2. The molecular weight excluding hydrogens is 362 g/mol. The monoisotopic (exact) mass is 381 g/mol. The lowest BCUT2D eigenvalue weighted by Gasteiger charge is -2.06. The zero-order chi connectivity index (χ0) is 19.1. The highest BCUT2D eigenvalue weighted by atomic mass is 32.1. The Morgan fingerprint density at radius 1 is 1.00 bits per heavy atom. The number of rotatable bonds is 8. The van der Waals surface area contributed by atoms with Gasteiger partial charge in [-0.1, -0.05) is 48.5 Å². The minimum absolute atomic E-state index is 0.104. The van der Waals surface area contributed by atoms with Gasteiger partial charge in [0, 0.05) is 11.3 Å². The molecule has 0 spiro atoms. The predicted molar refractivity (Wildman–Crippen MR) is 107 cm³/mol. The SMILES string of the molecule is O=C(CCCOc1ccccc1)Nc1sc(-c2ccccc2)cc1C(=O)O. The van der Waals surface area contributed by atoms with Gasteiger partial charge in [-0.25, -0.2) is 4.79 Å². The Balaban J connectivity index is 1.58. The number of carbonyl (C=O) groups is 2. The number of hydrogen-bond acceptors (Lipinski definition) is 4. The van der Waals surface area contributed by atoms with Crippen molar-refractivity contribution in [2.24, 2.45) is 0 Å². The van der Waals surface area contributed by atoms with Crippen LogP contribution in [-0.4, -0.2) is 23.6 Å². The fourth-order valence-electron chi connectivity index (χ4n) is 2.52.